The van der Waals surface area contributed by atoms with Crippen molar-refractivity contribution in [1.29, 1.82) is 0 Å². The molecule has 94 valence electrons. The minimum atomic E-state index is -0.856. The van der Waals surface area contributed by atoms with E-state index in [9.17, 15) is 4.79 Å². The topological polar surface area (TPSA) is 53.7 Å². The maximum atomic E-state index is 11.0. The van der Waals surface area contributed by atoms with Crippen molar-refractivity contribution in [3.05, 3.63) is 34.0 Å². The molecule has 1 amide bonds. The molecule has 18 heavy (non-hydrogen) atoms. The fraction of sp³-hybridized carbons (Fsp3) is 0.308. The van der Waals surface area contributed by atoms with Gasteiger partial charge in [-0.3, -0.25) is 0 Å². The van der Waals surface area contributed by atoms with E-state index < -0.39 is 6.09 Å². The predicted octanol–water partition coefficient (Wildman–Crippen LogP) is 3.27. The van der Waals surface area contributed by atoms with E-state index >= 15 is 0 Å². The van der Waals surface area contributed by atoms with Crippen molar-refractivity contribution in [1.82, 2.24) is 4.90 Å². The Morgan fingerprint density at radius 2 is 2.11 bits per heavy atom. The SMILES string of the molecule is O=C(O)N1CCc2oc3ccc(Br)cc3c2CC1. The smallest absolute Gasteiger partial charge is 0.407 e. The molecule has 0 saturated heterocycles. The molecule has 3 rings (SSSR count). The Hall–Kier alpha value is -1.49. The fourth-order valence-electron chi connectivity index (χ4n) is 2.43. The number of amides is 1. The molecule has 1 aromatic carbocycles. The van der Waals surface area contributed by atoms with Crippen LogP contribution in [0, 0.1) is 0 Å². The van der Waals surface area contributed by atoms with Gasteiger partial charge in [-0.2, -0.15) is 0 Å². The Bertz CT molecular complexity index is 620. The Kier molecular flexibility index (Phi) is 2.78. The van der Waals surface area contributed by atoms with Gasteiger partial charge in [0.05, 0.1) is 0 Å². The second-order valence-corrected chi connectivity index (χ2v) is 5.33. The van der Waals surface area contributed by atoms with Gasteiger partial charge in [0, 0.05) is 34.9 Å². The highest BCUT2D eigenvalue weighted by molar-refractivity contribution is 9.10. The number of furan rings is 1. The summed E-state index contributed by atoms with van der Waals surface area (Å²) in [6.07, 6.45) is 0.504. The van der Waals surface area contributed by atoms with Crippen LogP contribution in [0.4, 0.5) is 4.79 Å². The van der Waals surface area contributed by atoms with Crippen molar-refractivity contribution in [2.75, 3.05) is 13.1 Å². The molecule has 0 bridgehead atoms. The summed E-state index contributed by atoms with van der Waals surface area (Å²) in [5.41, 5.74) is 2.03. The number of fused-ring (bicyclic) bond motifs is 3. The molecule has 0 radical (unpaired) electrons. The van der Waals surface area contributed by atoms with Crippen molar-refractivity contribution >= 4 is 33.0 Å². The molecule has 0 spiro atoms. The van der Waals surface area contributed by atoms with Crippen molar-refractivity contribution < 1.29 is 14.3 Å². The van der Waals surface area contributed by atoms with Crippen LogP contribution in [0.5, 0.6) is 0 Å². The maximum Gasteiger partial charge on any atom is 0.407 e. The van der Waals surface area contributed by atoms with E-state index in [4.69, 9.17) is 9.52 Å². The van der Waals surface area contributed by atoms with Crippen LogP contribution >= 0.6 is 15.9 Å². The van der Waals surface area contributed by atoms with Crippen LogP contribution in [0.3, 0.4) is 0 Å². The predicted molar refractivity (Wildman–Crippen MR) is 70.9 cm³/mol. The second-order valence-electron chi connectivity index (χ2n) is 4.41. The summed E-state index contributed by atoms with van der Waals surface area (Å²) in [6.45, 7) is 1.03. The number of hydrogen-bond acceptors (Lipinski definition) is 2. The molecule has 2 heterocycles. The number of nitrogens with zero attached hydrogens (tertiary/aromatic N) is 1. The third-order valence-electron chi connectivity index (χ3n) is 3.35. The van der Waals surface area contributed by atoms with E-state index in [0.717, 1.165) is 26.8 Å². The molecule has 4 nitrogen and oxygen atoms in total. The highest BCUT2D eigenvalue weighted by Gasteiger charge is 2.22. The molecule has 1 aliphatic heterocycles. The normalized spacial score (nSPS) is 15.5. The third kappa shape index (κ3) is 1.88. The first-order valence-corrected chi connectivity index (χ1v) is 6.62. The first-order valence-electron chi connectivity index (χ1n) is 5.83. The molecular formula is C13H12BrNO3. The van der Waals surface area contributed by atoms with E-state index in [2.05, 4.69) is 15.9 Å². The summed E-state index contributed by atoms with van der Waals surface area (Å²) in [6, 6.07) is 5.94. The average molecular weight is 310 g/mol. The monoisotopic (exact) mass is 309 g/mol. The number of halogens is 1. The summed E-state index contributed by atoms with van der Waals surface area (Å²) < 4.78 is 6.83. The van der Waals surface area contributed by atoms with E-state index in [1.165, 1.54) is 4.90 Å². The summed E-state index contributed by atoms with van der Waals surface area (Å²) in [7, 11) is 0. The van der Waals surface area contributed by atoms with Gasteiger partial charge in [-0.05, 0) is 24.6 Å². The molecular weight excluding hydrogens is 298 g/mol. The minimum Gasteiger partial charge on any atom is -0.465 e. The minimum absolute atomic E-state index is 0.503. The Morgan fingerprint density at radius 3 is 2.89 bits per heavy atom. The zero-order chi connectivity index (χ0) is 12.7. The molecule has 1 aromatic heterocycles. The summed E-state index contributed by atoms with van der Waals surface area (Å²) in [4.78, 5) is 12.4. The van der Waals surface area contributed by atoms with Crippen LogP contribution in [0.15, 0.2) is 27.1 Å². The summed E-state index contributed by atoms with van der Waals surface area (Å²) >= 11 is 3.45. The first kappa shape index (κ1) is 11.6. The van der Waals surface area contributed by atoms with Crippen LogP contribution in [-0.4, -0.2) is 29.2 Å². The van der Waals surface area contributed by atoms with Gasteiger partial charge in [0.1, 0.15) is 11.3 Å². The molecule has 0 atom stereocenters. The highest BCUT2D eigenvalue weighted by Crippen LogP contribution is 2.30. The van der Waals surface area contributed by atoms with Crippen LogP contribution in [0.1, 0.15) is 11.3 Å². The van der Waals surface area contributed by atoms with Gasteiger partial charge in [0.25, 0.3) is 0 Å². The van der Waals surface area contributed by atoms with Crippen LogP contribution in [0.25, 0.3) is 11.0 Å². The lowest BCUT2D eigenvalue weighted by atomic mass is 10.1. The molecule has 5 heteroatoms. The summed E-state index contributed by atoms with van der Waals surface area (Å²) in [5.74, 6) is 0.923. The molecule has 0 saturated carbocycles. The van der Waals surface area contributed by atoms with Gasteiger partial charge in [-0.25, -0.2) is 4.79 Å². The van der Waals surface area contributed by atoms with Crippen LogP contribution in [-0.2, 0) is 12.8 Å². The number of benzene rings is 1. The van der Waals surface area contributed by atoms with Gasteiger partial charge in [-0.1, -0.05) is 15.9 Å². The van der Waals surface area contributed by atoms with Gasteiger partial charge >= 0.3 is 6.09 Å². The Balaban J connectivity index is 2.03. The van der Waals surface area contributed by atoms with Gasteiger partial charge in [-0.15, -0.1) is 0 Å². The van der Waals surface area contributed by atoms with Gasteiger partial charge in [0.2, 0.25) is 0 Å². The largest absolute Gasteiger partial charge is 0.465 e. The zero-order valence-electron chi connectivity index (χ0n) is 9.65. The van der Waals surface area contributed by atoms with Gasteiger partial charge < -0.3 is 14.4 Å². The lowest BCUT2D eigenvalue weighted by Crippen LogP contribution is -2.31. The third-order valence-corrected chi connectivity index (χ3v) is 3.84. The fourth-order valence-corrected chi connectivity index (χ4v) is 2.80. The molecule has 1 aliphatic rings. The summed E-state index contributed by atoms with van der Waals surface area (Å²) in [5, 5.41) is 10.1. The molecule has 0 unspecified atom stereocenters. The average Bonchev–Trinajstić information content (AvgIpc) is 2.54. The Morgan fingerprint density at radius 1 is 1.33 bits per heavy atom. The van der Waals surface area contributed by atoms with Crippen LogP contribution < -0.4 is 0 Å². The number of rotatable bonds is 0. The quantitative estimate of drug-likeness (QED) is 0.812. The molecule has 1 N–H and O–H groups in total. The number of carboxylic acid groups (broad SMARTS) is 1. The highest BCUT2D eigenvalue weighted by atomic mass is 79.9. The van der Waals surface area contributed by atoms with Crippen molar-refractivity contribution in [2.24, 2.45) is 0 Å². The van der Waals surface area contributed by atoms with E-state index in [1.807, 2.05) is 18.2 Å². The molecule has 0 fully saturated rings. The van der Waals surface area contributed by atoms with E-state index in [1.54, 1.807) is 0 Å². The van der Waals surface area contributed by atoms with E-state index in [0.29, 0.717) is 25.9 Å². The van der Waals surface area contributed by atoms with Crippen LogP contribution in [0.2, 0.25) is 0 Å². The first-order chi connectivity index (χ1) is 8.65. The van der Waals surface area contributed by atoms with Crippen molar-refractivity contribution in [3.63, 3.8) is 0 Å². The lowest BCUT2D eigenvalue weighted by molar-refractivity contribution is 0.147. The standard InChI is InChI=1S/C13H12BrNO3/c14-8-1-2-11-10(7-8)9-3-5-15(13(16)17)6-4-12(9)18-11/h1-2,7H,3-6H2,(H,16,17). The second kappa shape index (κ2) is 4.31. The van der Waals surface area contributed by atoms with Gasteiger partial charge in [0.15, 0.2) is 0 Å². The molecule has 0 aliphatic carbocycles. The number of carbonyl (C=O) groups is 1. The van der Waals surface area contributed by atoms with Crippen molar-refractivity contribution in [2.45, 2.75) is 12.8 Å². The lowest BCUT2D eigenvalue weighted by Gasteiger charge is -2.15. The Labute approximate surface area is 112 Å². The molecule has 2 aromatic rings. The number of hydrogen-bond donors (Lipinski definition) is 1. The van der Waals surface area contributed by atoms with E-state index in [-0.39, 0.29) is 0 Å². The maximum absolute atomic E-state index is 11.0. The zero-order valence-corrected chi connectivity index (χ0v) is 11.2. The van der Waals surface area contributed by atoms with Crippen molar-refractivity contribution in [3.8, 4) is 0 Å².